The van der Waals surface area contributed by atoms with Gasteiger partial charge in [0.05, 0.1) is 0 Å². The van der Waals surface area contributed by atoms with E-state index in [2.05, 4.69) is 26.6 Å². The summed E-state index contributed by atoms with van der Waals surface area (Å²) in [5.41, 5.74) is 6.33. The third-order valence-corrected chi connectivity index (χ3v) is 2.99. The lowest BCUT2D eigenvalue weighted by molar-refractivity contribution is 0.568. The zero-order valence-electron chi connectivity index (χ0n) is 10.4. The molecule has 0 amide bonds. The van der Waals surface area contributed by atoms with E-state index in [1.54, 1.807) is 10.9 Å². The molecule has 0 radical (unpaired) electrons. The van der Waals surface area contributed by atoms with Crippen LogP contribution in [0.3, 0.4) is 0 Å². The molecular weight excluding hydrogens is 240 g/mol. The maximum atomic E-state index is 5.53. The maximum Gasteiger partial charge on any atom is 0.201 e. The lowest BCUT2D eigenvalue weighted by atomic mass is 10.1. The molecule has 0 bridgehead atoms. The second-order valence-electron chi connectivity index (χ2n) is 4.25. The number of nitrogens with zero attached hydrogens (tertiary/aromatic N) is 5. The molecule has 2 N–H and O–H groups in total. The van der Waals surface area contributed by atoms with Crippen molar-refractivity contribution >= 4 is 10.8 Å². The number of aromatic nitrogens is 5. The van der Waals surface area contributed by atoms with Crippen LogP contribution in [-0.4, -0.2) is 31.7 Å². The average Bonchev–Trinajstić information content (AvgIpc) is 2.92. The zero-order valence-corrected chi connectivity index (χ0v) is 10.4. The Labute approximate surface area is 110 Å². The van der Waals surface area contributed by atoms with Gasteiger partial charge >= 0.3 is 0 Å². The fourth-order valence-electron chi connectivity index (χ4n) is 2.06. The van der Waals surface area contributed by atoms with Crippen molar-refractivity contribution < 1.29 is 0 Å². The zero-order chi connectivity index (χ0) is 13.1. The van der Waals surface area contributed by atoms with Crippen molar-refractivity contribution in [3.05, 3.63) is 36.5 Å². The van der Waals surface area contributed by atoms with Crippen LogP contribution in [-0.2, 0) is 6.54 Å². The van der Waals surface area contributed by atoms with Crippen LogP contribution in [0.15, 0.2) is 36.5 Å². The number of aryl methyl sites for hydroxylation is 1. The van der Waals surface area contributed by atoms with Crippen molar-refractivity contribution in [2.75, 3.05) is 6.54 Å². The molecule has 0 atom stereocenters. The van der Waals surface area contributed by atoms with Crippen LogP contribution in [0.4, 0.5) is 0 Å². The standard InChI is InChI=1S/C13H14N6/c14-7-3-9-19-13(16-17-18-19)12-11-5-2-1-4-10(11)6-8-15-12/h1-2,4-6,8H,3,7,9,14H2. The van der Waals surface area contributed by atoms with E-state index in [-0.39, 0.29) is 0 Å². The molecule has 3 aromatic rings. The number of hydrogen-bond acceptors (Lipinski definition) is 5. The number of tetrazole rings is 1. The predicted molar refractivity (Wildman–Crippen MR) is 72.2 cm³/mol. The van der Waals surface area contributed by atoms with Crippen LogP contribution in [0.5, 0.6) is 0 Å². The summed E-state index contributed by atoms with van der Waals surface area (Å²) in [6.07, 6.45) is 2.61. The van der Waals surface area contributed by atoms with E-state index in [4.69, 9.17) is 5.73 Å². The van der Waals surface area contributed by atoms with Gasteiger partial charge in [0.25, 0.3) is 0 Å². The summed E-state index contributed by atoms with van der Waals surface area (Å²) in [6, 6.07) is 10.0. The first kappa shape index (κ1) is 11.7. The van der Waals surface area contributed by atoms with Crippen molar-refractivity contribution in [1.29, 1.82) is 0 Å². The first-order valence-corrected chi connectivity index (χ1v) is 6.20. The minimum atomic E-state index is 0.613. The molecule has 6 nitrogen and oxygen atoms in total. The quantitative estimate of drug-likeness (QED) is 0.757. The van der Waals surface area contributed by atoms with E-state index in [0.717, 1.165) is 22.9 Å². The van der Waals surface area contributed by atoms with Gasteiger partial charge in [-0.1, -0.05) is 24.3 Å². The molecule has 2 aromatic heterocycles. The van der Waals surface area contributed by atoms with Gasteiger partial charge in [-0.25, -0.2) is 4.68 Å². The van der Waals surface area contributed by atoms with Gasteiger partial charge in [0.1, 0.15) is 5.69 Å². The number of nitrogens with two attached hydrogens (primary N) is 1. The Balaban J connectivity index is 2.12. The second-order valence-corrected chi connectivity index (χ2v) is 4.25. The van der Waals surface area contributed by atoms with Gasteiger partial charge in [0.15, 0.2) is 0 Å². The van der Waals surface area contributed by atoms with E-state index >= 15 is 0 Å². The molecule has 0 spiro atoms. The van der Waals surface area contributed by atoms with Crippen molar-refractivity contribution in [3.63, 3.8) is 0 Å². The van der Waals surface area contributed by atoms with Crippen LogP contribution < -0.4 is 5.73 Å². The van der Waals surface area contributed by atoms with Crippen molar-refractivity contribution in [3.8, 4) is 11.5 Å². The van der Waals surface area contributed by atoms with Gasteiger partial charge in [-0.05, 0) is 34.8 Å². The van der Waals surface area contributed by atoms with Crippen molar-refractivity contribution in [1.82, 2.24) is 25.2 Å². The third-order valence-electron chi connectivity index (χ3n) is 2.99. The van der Waals surface area contributed by atoms with E-state index in [1.807, 2.05) is 24.3 Å². The van der Waals surface area contributed by atoms with Gasteiger partial charge in [-0.15, -0.1) is 5.10 Å². The molecule has 1 aromatic carbocycles. The second kappa shape index (κ2) is 5.11. The smallest absolute Gasteiger partial charge is 0.201 e. The molecule has 0 aliphatic rings. The SMILES string of the molecule is NCCCn1nnnc1-c1nccc2ccccc12. The van der Waals surface area contributed by atoms with E-state index in [1.165, 1.54) is 0 Å². The lowest BCUT2D eigenvalue weighted by Crippen LogP contribution is -2.09. The Morgan fingerprint density at radius 2 is 2.05 bits per heavy atom. The van der Waals surface area contributed by atoms with Gasteiger partial charge < -0.3 is 5.73 Å². The topological polar surface area (TPSA) is 82.5 Å². The number of pyridine rings is 1. The largest absolute Gasteiger partial charge is 0.330 e. The minimum absolute atomic E-state index is 0.613. The molecule has 19 heavy (non-hydrogen) atoms. The molecule has 2 heterocycles. The molecular formula is C13H14N6. The Kier molecular flexibility index (Phi) is 3.16. The highest BCUT2D eigenvalue weighted by Crippen LogP contribution is 2.24. The molecule has 6 heteroatoms. The number of rotatable bonds is 4. The molecule has 0 aliphatic heterocycles. The normalized spacial score (nSPS) is 11.0. The maximum absolute atomic E-state index is 5.53. The minimum Gasteiger partial charge on any atom is -0.330 e. The summed E-state index contributed by atoms with van der Waals surface area (Å²) >= 11 is 0. The number of hydrogen-bond donors (Lipinski definition) is 1. The Bertz CT molecular complexity index is 685. The Morgan fingerprint density at radius 1 is 1.16 bits per heavy atom. The van der Waals surface area contributed by atoms with E-state index in [9.17, 15) is 0 Å². The van der Waals surface area contributed by atoms with Crippen LogP contribution in [0.2, 0.25) is 0 Å². The van der Waals surface area contributed by atoms with Gasteiger partial charge in [-0.2, -0.15) is 0 Å². The first-order valence-electron chi connectivity index (χ1n) is 6.20. The highest BCUT2D eigenvalue weighted by atomic mass is 15.5. The molecule has 0 saturated heterocycles. The Morgan fingerprint density at radius 3 is 2.95 bits per heavy atom. The predicted octanol–water partition coefficient (Wildman–Crippen LogP) is 1.24. The average molecular weight is 254 g/mol. The van der Waals surface area contributed by atoms with Gasteiger partial charge in [0.2, 0.25) is 5.82 Å². The number of fused-ring (bicyclic) bond motifs is 1. The van der Waals surface area contributed by atoms with Crippen LogP contribution in [0.1, 0.15) is 6.42 Å². The summed E-state index contributed by atoms with van der Waals surface area (Å²) in [5.74, 6) is 0.685. The summed E-state index contributed by atoms with van der Waals surface area (Å²) in [7, 11) is 0. The fourth-order valence-corrected chi connectivity index (χ4v) is 2.06. The molecule has 96 valence electrons. The third kappa shape index (κ3) is 2.17. The van der Waals surface area contributed by atoms with E-state index < -0.39 is 0 Å². The highest BCUT2D eigenvalue weighted by molar-refractivity contribution is 5.92. The van der Waals surface area contributed by atoms with Crippen LogP contribution in [0.25, 0.3) is 22.3 Å². The molecule has 0 unspecified atom stereocenters. The van der Waals surface area contributed by atoms with Crippen molar-refractivity contribution in [2.45, 2.75) is 13.0 Å². The van der Waals surface area contributed by atoms with Crippen LogP contribution >= 0.6 is 0 Å². The van der Waals surface area contributed by atoms with Gasteiger partial charge in [0, 0.05) is 18.1 Å². The molecule has 0 aliphatic carbocycles. The summed E-state index contributed by atoms with van der Waals surface area (Å²) < 4.78 is 1.75. The fraction of sp³-hybridized carbons (Fsp3) is 0.231. The monoisotopic (exact) mass is 254 g/mol. The molecule has 0 saturated carbocycles. The Hall–Kier alpha value is -2.34. The molecule has 3 rings (SSSR count). The summed E-state index contributed by atoms with van der Waals surface area (Å²) in [6.45, 7) is 1.31. The van der Waals surface area contributed by atoms with Crippen molar-refractivity contribution in [2.24, 2.45) is 5.73 Å². The van der Waals surface area contributed by atoms with Crippen LogP contribution in [0, 0.1) is 0 Å². The van der Waals surface area contributed by atoms with E-state index in [0.29, 0.717) is 18.9 Å². The summed E-state index contributed by atoms with van der Waals surface area (Å²) in [5, 5.41) is 14.0. The first-order chi connectivity index (χ1) is 9.40. The van der Waals surface area contributed by atoms with Gasteiger partial charge in [-0.3, -0.25) is 4.98 Å². The number of benzene rings is 1. The summed E-state index contributed by atoms with van der Waals surface area (Å²) in [4.78, 5) is 4.42. The molecule has 0 fully saturated rings. The highest BCUT2D eigenvalue weighted by Gasteiger charge is 2.12. The lowest BCUT2D eigenvalue weighted by Gasteiger charge is -2.06.